The van der Waals surface area contributed by atoms with Crippen molar-refractivity contribution in [2.45, 2.75) is 162 Å². The Morgan fingerprint density at radius 1 is 0.892 bits per heavy atom. The number of rotatable bonds is 18. The molecule has 10 nitrogen and oxygen atoms in total. The summed E-state index contributed by atoms with van der Waals surface area (Å²) in [7, 11) is 1.57. The van der Waals surface area contributed by atoms with E-state index >= 15 is 0 Å². The Labute approximate surface area is 391 Å². The van der Waals surface area contributed by atoms with Crippen molar-refractivity contribution < 1.29 is 33.3 Å². The van der Waals surface area contributed by atoms with Crippen molar-refractivity contribution >= 4 is 39.4 Å². The third-order valence-electron chi connectivity index (χ3n) is 16.9. The minimum absolute atomic E-state index is 0.000156. The van der Waals surface area contributed by atoms with E-state index in [-0.39, 0.29) is 66.5 Å². The number of esters is 2. The monoisotopic (exact) mass is 910 g/mol. The molecule has 1 amide bonds. The largest absolute Gasteiger partial charge is 0.463 e. The van der Waals surface area contributed by atoms with Gasteiger partial charge in [0, 0.05) is 37.7 Å². The van der Waals surface area contributed by atoms with Crippen LogP contribution >= 0.6 is 11.3 Å². The van der Waals surface area contributed by atoms with Gasteiger partial charge in [-0.25, -0.2) is 4.98 Å². The first-order chi connectivity index (χ1) is 31.3. The summed E-state index contributed by atoms with van der Waals surface area (Å²) < 4.78 is 25.0. The summed E-state index contributed by atoms with van der Waals surface area (Å²) >= 11 is 1.61. The Kier molecular flexibility index (Phi) is 15.4. The number of nitrogens with one attached hydrogen (secondary N) is 1. The van der Waals surface area contributed by atoms with Crippen LogP contribution in [0.5, 0.6) is 11.5 Å². The van der Waals surface area contributed by atoms with Gasteiger partial charge in [0.2, 0.25) is 0 Å². The molecule has 4 unspecified atom stereocenters. The quantitative estimate of drug-likeness (QED) is 0.0754. The molecular formula is C54H75N3O7S. The number of hydrogen-bond acceptors (Lipinski definition) is 10. The predicted octanol–water partition coefficient (Wildman–Crippen LogP) is 12.2. The molecule has 65 heavy (non-hydrogen) atoms. The highest BCUT2D eigenvalue weighted by atomic mass is 32.1. The van der Waals surface area contributed by atoms with Gasteiger partial charge in [-0.1, -0.05) is 72.0 Å². The molecular weight excluding hydrogens is 835 g/mol. The Hall–Kier alpha value is -3.83. The van der Waals surface area contributed by atoms with E-state index in [1.54, 1.807) is 42.3 Å². The number of benzene rings is 1. The first-order valence-corrected chi connectivity index (χ1v) is 26.1. The van der Waals surface area contributed by atoms with Crippen LogP contribution < -0.4 is 10.1 Å². The minimum Gasteiger partial charge on any atom is -0.463 e. The molecule has 2 aromatic heterocycles. The molecule has 0 radical (unpaired) electrons. The highest BCUT2D eigenvalue weighted by Gasteiger charge is 2.59. The van der Waals surface area contributed by atoms with E-state index < -0.39 is 0 Å². The first kappa shape index (κ1) is 47.7. The second kappa shape index (κ2) is 21.0. The van der Waals surface area contributed by atoms with E-state index in [2.05, 4.69) is 51.0 Å². The van der Waals surface area contributed by atoms with Crippen LogP contribution in [0.2, 0.25) is 0 Å². The molecule has 1 aromatic carbocycles. The van der Waals surface area contributed by atoms with Crippen LogP contribution in [0.15, 0.2) is 48.2 Å². The summed E-state index contributed by atoms with van der Waals surface area (Å²) in [5.41, 5.74) is 3.57. The van der Waals surface area contributed by atoms with Crippen LogP contribution in [-0.2, 0) is 30.2 Å². The van der Waals surface area contributed by atoms with Crippen LogP contribution in [0.1, 0.15) is 159 Å². The van der Waals surface area contributed by atoms with E-state index in [1.165, 1.54) is 57.8 Å². The Balaban J connectivity index is 0.746. The molecule has 0 spiro atoms. The van der Waals surface area contributed by atoms with Crippen molar-refractivity contribution in [1.29, 1.82) is 0 Å². The van der Waals surface area contributed by atoms with Gasteiger partial charge in [0.1, 0.15) is 29.9 Å². The lowest BCUT2D eigenvalue weighted by molar-refractivity contribution is -0.157. The number of carbonyl (C=O) groups excluding carboxylic acids is 3. The summed E-state index contributed by atoms with van der Waals surface area (Å²) in [5, 5.41) is 3.57. The maximum Gasteiger partial charge on any atom is 0.306 e. The van der Waals surface area contributed by atoms with Gasteiger partial charge in [-0.3, -0.25) is 19.4 Å². The zero-order valence-corrected chi connectivity index (χ0v) is 40.9. The van der Waals surface area contributed by atoms with Crippen LogP contribution in [-0.4, -0.2) is 60.3 Å². The van der Waals surface area contributed by atoms with Gasteiger partial charge < -0.3 is 24.3 Å². The van der Waals surface area contributed by atoms with Crippen molar-refractivity contribution in [3.63, 3.8) is 0 Å². The number of fused-ring (bicyclic) bond motifs is 6. The lowest BCUT2D eigenvalue weighted by Crippen LogP contribution is -2.51. The lowest BCUT2D eigenvalue weighted by Gasteiger charge is -2.58. The van der Waals surface area contributed by atoms with Crippen molar-refractivity contribution in [1.82, 2.24) is 15.3 Å². The second-order valence-corrected chi connectivity index (χ2v) is 22.4. The number of pyridine rings is 1. The number of thiazole rings is 1. The van der Waals surface area contributed by atoms with Crippen LogP contribution in [0.4, 0.5) is 0 Å². The molecule has 4 saturated carbocycles. The summed E-state index contributed by atoms with van der Waals surface area (Å²) in [6.45, 7) is 13.1. The molecule has 11 heteroatoms. The Morgan fingerprint density at radius 2 is 1.71 bits per heavy atom. The maximum absolute atomic E-state index is 13.0. The molecule has 5 aliphatic carbocycles. The number of nitrogens with zero attached hydrogens (tertiary/aromatic N) is 2. The molecule has 5 aliphatic rings. The number of aromatic nitrogens is 2. The van der Waals surface area contributed by atoms with Crippen molar-refractivity contribution in [3.05, 3.63) is 58.9 Å². The van der Waals surface area contributed by atoms with Crippen LogP contribution in [0.3, 0.4) is 0 Å². The first-order valence-electron chi connectivity index (χ1n) is 25.2. The minimum atomic E-state index is -0.389. The van der Waals surface area contributed by atoms with Crippen molar-refractivity contribution in [3.8, 4) is 11.5 Å². The molecule has 0 aliphatic heterocycles. The smallest absolute Gasteiger partial charge is 0.306 e. The Bertz CT molecular complexity index is 2170. The van der Waals surface area contributed by atoms with Gasteiger partial charge in [-0.2, -0.15) is 0 Å². The maximum atomic E-state index is 13.0. The molecule has 4 fully saturated rings. The van der Waals surface area contributed by atoms with Crippen molar-refractivity contribution in [2.24, 2.45) is 52.3 Å². The lowest BCUT2D eigenvalue weighted by atomic mass is 9.47. The molecule has 354 valence electrons. The van der Waals surface area contributed by atoms with Gasteiger partial charge in [-0.15, -0.1) is 11.3 Å². The number of carbonyl (C=O) groups is 3. The zero-order valence-electron chi connectivity index (χ0n) is 40.0. The van der Waals surface area contributed by atoms with E-state index in [0.29, 0.717) is 29.9 Å². The second-order valence-electron chi connectivity index (χ2n) is 21.3. The van der Waals surface area contributed by atoms with Gasteiger partial charge >= 0.3 is 11.9 Å². The Morgan fingerprint density at radius 3 is 2.54 bits per heavy atom. The molecule has 3 aromatic rings. The molecule has 10 atom stereocenters. The van der Waals surface area contributed by atoms with Crippen LogP contribution in [0, 0.1) is 52.3 Å². The highest BCUT2D eigenvalue weighted by Crippen LogP contribution is 2.67. The average molecular weight is 910 g/mol. The molecule has 0 saturated heterocycles. The normalized spacial score (nSPS) is 30.1. The van der Waals surface area contributed by atoms with Gasteiger partial charge in [0.15, 0.2) is 0 Å². The average Bonchev–Trinajstić information content (AvgIpc) is 3.87. The molecule has 2 heterocycles. The zero-order chi connectivity index (χ0) is 45.7. The fourth-order valence-electron chi connectivity index (χ4n) is 13.4. The molecule has 8 rings (SSSR count). The number of hydrogen-bond donors (Lipinski definition) is 1. The van der Waals surface area contributed by atoms with Crippen molar-refractivity contribution in [2.75, 3.05) is 20.3 Å². The van der Waals surface area contributed by atoms with Crippen LogP contribution in [0.25, 0.3) is 10.2 Å². The fourth-order valence-corrected chi connectivity index (χ4v) is 14.5. The topological polar surface area (TPSA) is 126 Å². The molecule has 0 bridgehead atoms. The van der Waals surface area contributed by atoms with E-state index in [9.17, 15) is 14.4 Å². The number of ether oxygens (including phenoxy) is 4. The fraction of sp³-hybridized carbons (Fsp3) is 0.685. The van der Waals surface area contributed by atoms with E-state index in [4.69, 9.17) is 23.9 Å². The SMILES string of the molecule is CNC(=O)c1cc(Oc2ccc3nc(C[C@H]4CCCCC4OC(=O)CCC(=O)OCCO[C@H]4CC[C@@]5(C)C(=CCC6C5CC[C@@]5(C)C6CC[C@@H]5[C@H](C)CCCC(C)C)C4)sc3c2)ccn1. The summed E-state index contributed by atoms with van der Waals surface area (Å²) in [4.78, 5) is 46.8. The number of amides is 1. The van der Waals surface area contributed by atoms with Gasteiger partial charge in [0.25, 0.3) is 5.91 Å². The highest BCUT2D eigenvalue weighted by molar-refractivity contribution is 7.18. The number of allylic oxidation sites excluding steroid dienone is 1. The van der Waals surface area contributed by atoms with E-state index in [0.717, 1.165) is 89.3 Å². The molecule has 1 N–H and O–H groups in total. The van der Waals surface area contributed by atoms with Gasteiger partial charge in [0.05, 0.1) is 40.8 Å². The van der Waals surface area contributed by atoms with Gasteiger partial charge in [-0.05, 0) is 135 Å². The predicted molar refractivity (Wildman–Crippen MR) is 256 cm³/mol. The summed E-state index contributed by atoms with van der Waals surface area (Å²) in [6, 6.07) is 9.09. The third-order valence-corrected chi connectivity index (χ3v) is 17.9. The summed E-state index contributed by atoms with van der Waals surface area (Å²) in [5.74, 6) is 5.31. The standard InChI is InChI=1S/C54H75N3O7S/c1-34(2)10-9-11-35(3)42-17-18-43-41-16-14-37-31-38(22-25-53(37,4)44(41)23-26-54(42,43)5)61-28-29-62-50(58)20-21-51(59)64-47-13-8-7-12-36(47)30-49-57-45-19-15-39(33-48(45)65-49)63-40-24-27-56-46(32-40)52(60)55-6/h14-15,19,24,27,32-36,38,41-44,47H,7-13,16-18,20-23,25-26,28-31H2,1-6H3,(H,55,60)/t35-,36-,38+,41?,42-,43?,44?,47?,53+,54-/m1/s1. The van der Waals surface area contributed by atoms with E-state index in [1.807, 2.05) is 18.2 Å². The summed E-state index contributed by atoms with van der Waals surface area (Å²) in [6.07, 6.45) is 22.9. The third kappa shape index (κ3) is 11.0.